The van der Waals surface area contributed by atoms with Crippen molar-refractivity contribution >= 4 is 0 Å². The van der Waals surface area contributed by atoms with Gasteiger partial charge in [-0.2, -0.15) is 0 Å². The molecule has 10 heavy (non-hydrogen) atoms. The average molecular weight is 143 g/mol. The molecule has 0 aromatic rings. The lowest BCUT2D eigenvalue weighted by molar-refractivity contribution is -0.0108. The number of likely N-dealkylation sites (tertiary alicyclic amines) is 1. The summed E-state index contributed by atoms with van der Waals surface area (Å²) >= 11 is 0. The number of hydrogen-bond acceptors (Lipinski definition) is 2. The maximum atomic E-state index is 9.15. The molecule has 0 aromatic carbocycles. The second-order valence-corrected chi connectivity index (χ2v) is 3.55. The minimum Gasteiger partial charge on any atom is -0.393 e. The molecule has 0 saturated carbocycles. The Morgan fingerprint density at radius 2 is 1.80 bits per heavy atom. The molecular weight excluding hydrogens is 126 g/mol. The van der Waals surface area contributed by atoms with E-state index in [0.29, 0.717) is 12.0 Å². The molecule has 0 spiro atoms. The summed E-state index contributed by atoms with van der Waals surface area (Å²) in [5.41, 5.74) is 0. The predicted octanol–water partition coefficient (Wildman–Crippen LogP) is 0.707. The summed E-state index contributed by atoms with van der Waals surface area (Å²) in [5, 5.41) is 9.15. The monoisotopic (exact) mass is 143 g/mol. The van der Waals surface area contributed by atoms with Gasteiger partial charge in [0, 0.05) is 25.0 Å². The lowest BCUT2D eigenvalue weighted by Crippen LogP contribution is -2.53. The molecule has 1 fully saturated rings. The van der Waals surface area contributed by atoms with Gasteiger partial charge in [-0.05, 0) is 20.8 Å². The molecule has 0 aromatic heterocycles. The van der Waals surface area contributed by atoms with Crippen LogP contribution in [-0.2, 0) is 0 Å². The molecule has 1 unspecified atom stereocenters. The number of hydrogen-bond donors (Lipinski definition) is 1. The van der Waals surface area contributed by atoms with Gasteiger partial charge in [-0.3, -0.25) is 0 Å². The third-order valence-electron chi connectivity index (χ3n) is 2.35. The number of aliphatic hydroxyl groups is 1. The van der Waals surface area contributed by atoms with Crippen molar-refractivity contribution < 1.29 is 5.11 Å². The quantitative estimate of drug-likeness (QED) is 0.615. The third kappa shape index (κ3) is 1.50. The van der Waals surface area contributed by atoms with E-state index >= 15 is 0 Å². The molecule has 1 rings (SSSR count). The van der Waals surface area contributed by atoms with E-state index in [1.807, 2.05) is 6.92 Å². The van der Waals surface area contributed by atoms with Crippen molar-refractivity contribution in [3.63, 3.8) is 0 Å². The largest absolute Gasteiger partial charge is 0.393 e. The van der Waals surface area contributed by atoms with Crippen LogP contribution in [-0.4, -0.2) is 35.2 Å². The van der Waals surface area contributed by atoms with E-state index in [2.05, 4.69) is 18.7 Å². The summed E-state index contributed by atoms with van der Waals surface area (Å²) in [7, 11) is 0. The topological polar surface area (TPSA) is 23.5 Å². The van der Waals surface area contributed by atoms with Gasteiger partial charge in [0.2, 0.25) is 0 Å². The molecule has 1 atom stereocenters. The van der Waals surface area contributed by atoms with Crippen LogP contribution in [0.3, 0.4) is 0 Å². The molecule has 1 heterocycles. The van der Waals surface area contributed by atoms with Crippen LogP contribution in [0.5, 0.6) is 0 Å². The van der Waals surface area contributed by atoms with Gasteiger partial charge < -0.3 is 10.0 Å². The first kappa shape index (κ1) is 8.02. The van der Waals surface area contributed by atoms with Gasteiger partial charge in [-0.15, -0.1) is 0 Å². The minimum absolute atomic E-state index is 0.116. The van der Waals surface area contributed by atoms with Gasteiger partial charge in [0.05, 0.1) is 6.10 Å². The van der Waals surface area contributed by atoms with Gasteiger partial charge in [0.15, 0.2) is 0 Å². The summed E-state index contributed by atoms with van der Waals surface area (Å²) in [5.74, 6) is 0.530. The minimum atomic E-state index is -0.116. The number of aliphatic hydroxyl groups excluding tert-OH is 1. The van der Waals surface area contributed by atoms with Crippen molar-refractivity contribution in [2.75, 3.05) is 13.1 Å². The smallest absolute Gasteiger partial charge is 0.0564 e. The number of nitrogens with zero attached hydrogens (tertiary/aromatic N) is 1. The highest BCUT2D eigenvalue weighted by molar-refractivity contribution is 4.84. The van der Waals surface area contributed by atoms with Crippen molar-refractivity contribution in [1.82, 2.24) is 4.90 Å². The van der Waals surface area contributed by atoms with Crippen LogP contribution in [0.2, 0.25) is 0 Å². The normalized spacial score (nSPS) is 24.9. The van der Waals surface area contributed by atoms with E-state index < -0.39 is 0 Å². The molecule has 0 radical (unpaired) electrons. The zero-order valence-corrected chi connectivity index (χ0v) is 7.04. The van der Waals surface area contributed by atoms with Crippen LogP contribution in [0.25, 0.3) is 0 Å². The Morgan fingerprint density at radius 1 is 1.30 bits per heavy atom. The SMILES string of the molecule is CC(O)C1CN(C(C)C)C1. The van der Waals surface area contributed by atoms with E-state index in [4.69, 9.17) is 5.11 Å². The van der Waals surface area contributed by atoms with Crippen molar-refractivity contribution in [2.45, 2.75) is 32.9 Å². The molecule has 0 amide bonds. The predicted molar refractivity (Wildman–Crippen MR) is 41.9 cm³/mol. The summed E-state index contributed by atoms with van der Waals surface area (Å²) in [6.07, 6.45) is -0.116. The molecule has 60 valence electrons. The van der Waals surface area contributed by atoms with Crippen LogP contribution < -0.4 is 0 Å². The van der Waals surface area contributed by atoms with E-state index in [0.717, 1.165) is 13.1 Å². The second-order valence-electron chi connectivity index (χ2n) is 3.55. The third-order valence-corrected chi connectivity index (χ3v) is 2.35. The van der Waals surface area contributed by atoms with Crippen LogP contribution >= 0.6 is 0 Å². The van der Waals surface area contributed by atoms with Crippen LogP contribution in [0.1, 0.15) is 20.8 Å². The molecular formula is C8H17NO. The summed E-state index contributed by atoms with van der Waals surface area (Å²) in [6, 6.07) is 0.648. The lowest BCUT2D eigenvalue weighted by atomic mass is 9.93. The van der Waals surface area contributed by atoms with Crippen LogP contribution in [0.15, 0.2) is 0 Å². The number of rotatable bonds is 2. The Kier molecular flexibility index (Phi) is 2.32. The zero-order chi connectivity index (χ0) is 7.72. The Hall–Kier alpha value is -0.0800. The van der Waals surface area contributed by atoms with E-state index in [-0.39, 0.29) is 6.10 Å². The van der Waals surface area contributed by atoms with Crippen molar-refractivity contribution in [2.24, 2.45) is 5.92 Å². The first-order valence-corrected chi connectivity index (χ1v) is 4.03. The molecule has 0 aliphatic carbocycles. The van der Waals surface area contributed by atoms with E-state index in [1.54, 1.807) is 0 Å². The first-order chi connectivity index (χ1) is 4.61. The molecule has 2 heteroatoms. The highest BCUT2D eigenvalue weighted by Gasteiger charge is 2.31. The zero-order valence-electron chi connectivity index (χ0n) is 7.04. The fourth-order valence-electron chi connectivity index (χ4n) is 1.28. The van der Waals surface area contributed by atoms with E-state index in [1.165, 1.54) is 0 Å². The first-order valence-electron chi connectivity index (χ1n) is 4.03. The molecule has 1 aliphatic rings. The molecule has 2 nitrogen and oxygen atoms in total. The highest BCUT2D eigenvalue weighted by Crippen LogP contribution is 2.20. The maximum absolute atomic E-state index is 9.15. The molecule has 1 N–H and O–H groups in total. The van der Waals surface area contributed by atoms with Crippen molar-refractivity contribution in [1.29, 1.82) is 0 Å². The molecule has 1 aliphatic heterocycles. The summed E-state index contributed by atoms with van der Waals surface area (Å²) in [4.78, 5) is 2.37. The van der Waals surface area contributed by atoms with E-state index in [9.17, 15) is 0 Å². The Labute approximate surface area is 62.8 Å². The van der Waals surface area contributed by atoms with Gasteiger partial charge in [-0.1, -0.05) is 0 Å². The van der Waals surface area contributed by atoms with Gasteiger partial charge >= 0.3 is 0 Å². The lowest BCUT2D eigenvalue weighted by Gasteiger charge is -2.43. The summed E-state index contributed by atoms with van der Waals surface area (Å²) in [6.45, 7) is 8.42. The van der Waals surface area contributed by atoms with Crippen LogP contribution in [0, 0.1) is 5.92 Å². The highest BCUT2D eigenvalue weighted by atomic mass is 16.3. The fourth-order valence-corrected chi connectivity index (χ4v) is 1.28. The maximum Gasteiger partial charge on any atom is 0.0564 e. The van der Waals surface area contributed by atoms with Gasteiger partial charge in [0.1, 0.15) is 0 Å². The molecule has 1 saturated heterocycles. The Balaban J connectivity index is 2.18. The standard InChI is InChI=1S/C8H17NO/c1-6(2)9-4-8(5-9)7(3)10/h6-8,10H,4-5H2,1-3H3. The van der Waals surface area contributed by atoms with Crippen molar-refractivity contribution in [3.8, 4) is 0 Å². The van der Waals surface area contributed by atoms with Crippen LogP contribution in [0.4, 0.5) is 0 Å². The summed E-state index contributed by atoms with van der Waals surface area (Å²) < 4.78 is 0. The Morgan fingerprint density at radius 3 is 2.10 bits per heavy atom. The Bertz CT molecular complexity index is 93.8. The van der Waals surface area contributed by atoms with Gasteiger partial charge in [0.25, 0.3) is 0 Å². The fraction of sp³-hybridized carbons (Fsp3) is 1.00. The van der Waals surface area contributed by atoms with Gasteiger partial charge in [-0.25, -0.2) is 0 Å². The van der Waals surface area contributed by atoms with Crippen molar-refractivity contribution in [3.05, 3.63) is 0 Å². The molecule has 0 bridgehead atoms. The second kappa shape index (κ2) is 2.89. The average Bonchev–Trinajstić information content (AvgIpc) is 1.56.